The van der Waals surface area contributed by atoms with E-state index < -0.39 is 23.9 Å². The zero-order valence-electron chi connectivity index (χ0n) is 18.6. The SMILES string of the molecule is CC1(C)O[C@H]2CC(=O)CN(CCCCC(NC(=O)OCc3ccccc3)C(=O)O)C[C@H]2O1. The summed E-state index contributed by atoms with van der Waals surface area (Å²) in [7, 11) is 0. The molecular weight excluding hydrogens is 416 g/mol. The molecular formula is C23H32N2O7. The molecule has 9 nitrogen and oxygen atoms in total. The second-order valence-corrected chi connectivity index (χ2v) is 8.78. The minimum absolute atomic E-state index is 0.0761. The summed E-state index contributed by atoms with van der Waals surface area (Å²) in [5, 5.41) is 11.8. The first-order valence-corrected chi connectivity index (χ1v) is 11.0. The molecule has 0 spiro atoms. The number of likely N-dealkylation sites (tertiary alicyclic amines) is 1. The molecule has 0 saturated carbocycles. The van der Waals surface area contributed by atoms with Crippen LogP contribution in [-0.2, 0) is 30.4 Å². The van der Waals surface area contributed by atoms with Gasteiger partial charge in [0, 0.05) is 13.0 Å². The summed E-state index contributed by atoms with van der Waals surface area (Å²) < 4.78 is 16.9. The van der Waals surface area contributed by atoms with Crippen molar-refractivity contribution in [3.63, 3.8) is 0 Å². The zero-order chi connectivity index (χ0) is 23.1. The highest BCUT2D eigenvalue weighted by Gasteiger charge is 2.44. The first kappa shape index (κ1) is 24.2. The van der Waals surface area contributed by atoms with Gasteiger partial charge in [-0.2, -0.15) is 0 Å². The normalized spacial score (nSPS) is 23.8. The van der Waals surface area contributed by atoms with Crippen molar-refractivity contribution >= 4 is 17.8 Å². The Morgan fingerprint density at radius 2 is 1.94 bits per heavy atom. The van der Waals surface area contributed by atoms with Crippen LogP contribution < -0.4 is 5.32 Å². The van der Waals surface area contributed by atoms with Crippen LogP contribution in [0.25, 0.3) is 0 Å². The molecule has 0 aliphatic carbocycles. The highest BCUT2D eigenvalue weighted by Crippen LogP contribution is 2.32. The number of fused-ring (bicyclic) bond motifs is 1. The fraction of sp³-hybridized carbons (Fsp3) is 0.609. The smallest absolute Gasteiger partial charge is 0.408 e. The van der Waals surface area contributed by atoms with Gasteiger partial charge in [0.25, 0.3) is 0 Å². The van der Waals surface area contributed by atoms with Crippen molar-refractivity contribution in [1.82, 2.24) is 10.2 Å². The molecule has 0 radical (unpaired) electrons. The van der Waals surface area contributed by atoms with Crippen LogP contribution in [0.15, 0.2) is 30.3 Å². The number of nitrogens with zero attached hydrogens (tertiary/aromatic N) is 1. The van der Waals surface area contributed by atoms with Gasteiger partial charge in [0.05, 0.1) is 12.6 Å². The number of alkyl carbamates (subject to hydrolysis) is 1. The number of nitrogens with one attached hydrogen (secondary N) is 1. The van der Waals surface area contributed by atoms with E-state index in [-0.39, 0.29) is 31.0 Å². The van der Waals surface area contributed by atoms with Gasteiger partial charge in [-0.3, -0.25) is 9.69 Å². The maximum absolute atomic E-state index is 12.2. The Kier molecular flexibility index (Phi) is 8.22. The van der Waals surface area contributed by atoms with Gasteiger partial charge in [-0.1, -0.05) is 30.3 Å². The zero-order valence-corrected chi connectivity index (χ0v) is 18.6. The summed E-state index contributed by atoms with van der Waals surface area (Å²) in [5.41, 5.74) is 0.823. The maximum atomic E-state index is 12.2. The molecule has 176 valence electrons. The van der Waals surface area contributed by atoms with Gasteiger partial charge in [-0.15, -0.1) is 0 Å². The number of amides is 1. The lowest BCUT2D eigenvalue weighted by Crippen LogP contribution is -2.41. The molecule has 2 N–H and O–H groups in total. The Balaban J connectivity index is 1.40. The van der Waals surface area contributed by atoms with Gasteiger partial charge in [-0.25, -0.2) is 9.59 Å². The van der Waals surface area contributed by atoms with Crippen molar-refractivity contribution in [3.8, 4) is 0 Å². The predicted octanol–water partition coefficient (Wildman–Crippen LogP) is 2.33. The highest BCUT2D eigenvalue weighted by atomic mass is 16.8. The number of carbonyl (C=O) groups is 3. The fourth-order valence-corrected chi connectivity index (χ4v) is 4.11. The van der Waals surface area contributed by atoms with Crippen molar-refractivity contribution in [2.24, 2.45) is 0 Å². The number of aliphatic carboxylic acids is 1. The molecule has 3 rings (SSSR count). The third kappa shape index (κ3) is 7.29. The molecule has 3 atom stereocenters. The fourth-order valence-electron chi connectivity index (χ4n) is 4.11. The van der Waals surface area contributed by atoms with E-state index in [1.54, 1.807) is 0 Å². The number of unbranched alkanes of at least 4 members (excludes halogenated alkanes) is 1. The molecule has 1 aromatic rings. The molecule has 2 aliphatic rings. The van der Waals surface area contributed by atoms with Crippen LogP contribution >= 0.6 is 0 Å². The number of hydrogen-bond acceptors (Lipinski definition) is 7. The van der Waals surface area contributed by atoms with E-state index in [1.165, 1.54) is 0 Å². The summed E-state index contributed by atoms with van der Waals surface area (Å²) in [5.74, 6) is -1.67. The van der Waals surface area contributed by atoms with Gasteiger partial charge >= 0.3 is 12.1 Å². The van der Waals surface area contributed by atoms with E-state index in [0.29, 0.717) is 38.9 Å². The standard InChI is InChI=1S/C23H32N2O7/c1-23(2)31-19-12-17(26)13-25(14-20(19)32-23)11-7-6-10-18(21(27)28)24-22(29)30-15-16-8-4-3-5-9-16/h3-5,8-9,18-20H,6-7,10-15H2,1-2H3,(H,24,29)(H,27,28)/t18?,19-,20+/m0/s1. The number of Topliss-reactive ketones (excluding diaryl/α,β-unsaturated/α-hetero) is 1. The third-order valence-electron chi connectivity index (χ3n) is 5.57. The number of carbonyl (C=O) groups excluding carboxylic acids is 2. The molecule has 1 amide bonds. The lowest BCUT2D eigenvalue weighted by molar-refractivity contribution is -0.152. The first-order valence-electron chi connectivity index (χ1n) is 11.0. The summed E-state index contributed by atoms with van der Waals surface area (Å²) in [6, 6.07) is 8.14. The van der Waals surface area contributed by atoms with Crippen LogP contribution in [0, 0.1) is 0 Å². The van der Waals surface area contributed by atoms with Gasteiger partial charge in [0.1, 0.15) is 24.5 Å². The minimum atomic E-state index is -1.10. The summed E-state index contributed by atoms with van der Waals surface area (Å²) in [6.45, 7) is 5.36. The molecule has 2 fully saturated rings. The second-order valence-electron chi connectivity index (χ2n) is 8.78. The Morgan fingerprint density at radius 3 is 2.66 bits per heavy atom. The van der Waals surface area contributed by atoms with Crippen molar-refractivity contribution in [3.05, 3.63) is 35.9 Å². The van der Waals surface area contributed by atoms with E-state index in [9.17, 15) is 19.5 Å². The maximum Gasteiger partial charge on any atom is 0.408 e. The molecule has 2 saturated heterocycles. The van der Waals surface area contributed by atoms with Gasteiger partial charge in [-0.05, 0) is 45.2 Å². The average Bonchev–Trinajstić information content (AvgIpc) is 2.93. The van der Waals surface area contributed by atoms with Crippen LogP contribution in [0.3, 0.4) is 0 Å². The van der Waals surface area contributed by atoms with E-state index in [0.717, 1.165) is 5.56 Å². The molecule has 9 heteroatoms. The van der Waals surface area contributed by atoms with Gasteiger partial charge in [0.15, 0.2) is 5.79 Å². The second kappa shape index (κ2) is 10.9. The largest absolute Gasteiger partial charge is 0.480 e. The molecule has 0 bridgehead atoms. The van der Waals surface area contributed by atoms with Crippen LogP contribution in [0.4, 0.5) is 4.79 Å². The molecule has 1 unspecified atom stereocenters. The average molecular weight is 449 g/mol. The van der Waals surface area contributed by atoms with E-state index in [2.05, 4.69) is 5.32 Å². The number of rotatable bonds is 9. The molecule has 2 heterocycles. The van der Waals surface area contributed by atoms with Crippen LogP contribution in [0.1, 0.15) is 45.1 Å². The van der Waals surface area contributed by atoms with Crippen LogP contribution in [-0.4, -0.2) is 71.5 Å². The number of hydrogen-bond donors (Lipinski definition) is 2. The monoisotopic (exact) mass is 448 g/mol. The topological polar surface area (TPSA) is 114 Å². The third-order valence-corrected chi connectivity index (χ3v) is 5.57. The minimum Gasteiger partial charge on any atom is -0.480 e. The molecule has 32 heavy (non-hydrogen) atoms. The first-order chi connectivity index (χ1) is 15.2. The van der Waals surface area contributed by atoms with Crippen LogP contribution in [0.5, 0.6) is 0 Å². The van der Waals surface area contributed by atoms with E-state index >= 15 is 0 Å². The number of ether oxygens (including phenoxy) is 3. The molecule has 0 aromatic heterocycles. The van der Waals surface area contributed by atoms with Gasteiger partial charge in [0.2, 0.25) is 0 Å². The van der Waals surface area contributed by atoms with Crippen LogP contribution in [0.2, 0.25) is 0 Å². The highest BCUT2D eigenvalue weighted by molar-refractivity contribution is 5.81. The summed E-state index contributed by atoms with van der Waals surface area (Å²) >= 11 is 0. The number of benzene rings is 1. The molecule has 2 aliphatic heterocycles. The predicted molar refractivity (Wildman–Crippen MR) is 115 cm³/mol. The number of carboxylic acids is 1. The lowest BCUT2D eigenvalue weighted by atomic mass is 10.1. The molecule has 1 aromatic carbocycles. The van der Waals surface area contributed by atoms with Crippen molar-refractivity contribution in [2.75, 3.05) is 19.6 Å². The Hall–Kier alpha value is -2.49. The van der Waals surface area contributed by atoms with Crippen molar-refractivity contribution in [2.45, 2.75) is 70.2 Å². The van der Waals surface area contributed by atoms with E-state index in [4.69, 9.17) is 14.2 Å². The number of ketones is 1. The summed E-state index contributed by atoms with van der Waals surface area (Å²) in [4.78, 5) is 37.8. The van der Waals surface area contributed by atoms with Gasteiger partial charge < -0.3 is 24.6 Å². The van der Waals surface area contributed by atoms with Crippen molar-refractivity contribution in [1.29, 1.82) is 0 Å². The van der Waals surface area contributed by atoms with E-state index in [1.807, 2.05) is 49.1 Å². The summed E-state index contributed by atoms with van der Waals surface area (Å²) in [6.07, 6.45) is 0.772. The number of carboxylic acid groups (broad SMARTS) is 1. The lowest BCUT2D eigenvalue weighted by Gasteiger charge is -2.24. The quantitative estimate of drug-likeness (QED) is 0.553. The Morgan fingerprint density at radius 1 is 1.22 bits per heavy atom. The Labute approximate surface area is 188 Å². The van der Waals surface area contributed by atoms with Crippen molar-refractivity contribution < 1.29 is 33.7 Å². The Bertz CT molecular complexity index is 799.